The molecule has 2 fully saturated rings. The molecule has 2 aliphatic heterocycles. The first-order chi connectivity index (χ1) is 11.1. The summed E-state index contributed by atoms with van der Waals surface area (Å²) >= 11 is 0. The molecule has 2 heterocycles. The zero-order valence-corrected chi connectivity index (χ0v) is 13.9. The van der Waals surface area contributed by atoms with E-state index < -0.39 is 40.3 Å². The molecule has 2 rings (SSSR count). The highest BCUT2D eigenvalue weighted by molar-refractivity contribution is 7.80. The van der Waals surface area contributed by atoms with Gasteiger partial charge >= 0.3 is 16.4 Å². The molecule has 24 heavy (non-hydrogen) atoms. The Kier molecular flexibility index (Phi) is 5.27. The van der Waals surface area contributed by atoms with Gasteiger partial charge in [-0.25, -0.2) is 4.79 Å². The molecule has 0 unspecified atom stereocenters. The van der Waals surface area contributed by atoms with Gasteiger partial charge in [0.25, 0.3) is 11.8 Å². The van der Waals surface area contributed by atoms with Gasteiger partial charge in [0.1, 0.15) is 6.04 Å². The number of hydrazine groups is 1. The minimum absolute atomic E-state index is 0.0750. The Morgan fingerprint density at radius 3 is 2.58 bits per heavy atom. The molecule has 0 aromatic rings. The molecule has 4 amide bonds. The zero-order chi connectivity index (χ0) is 18.1. The number of hydroxylamine groups is 2. The van der Waals surface area contributed by atoms with Gasteiger partial charge in [-0.2, -0.15) is 13.5 Å². The third kappa shape index (κ3) is 4.31. The van der Waals surface area contributed by atoms with Crippen LogP contribution in [0, 0.1) is 0 Å². The summed E-state index contributed by atoms with van der Waals surface area (Å²) in [6.45, 7) is 0.156. The highest BCUT2D eigenvalue weighted by Crippen LogP contribution is 2.30. The number of amides is 4. The van der Waals surface area contributed by atoms with Crippen molar-refractivity contribution >= 4 is 28.2 Å². The van der Waals surface area contributed by atoms with E-state index >= 15 is 0 Å². The third-order valence-corrected chi connectivity index (χ3v) is 3.93. The summed E-state index contributed by atoms with van der Waals surface area (Å²) in [5.74, 6) is -1.02. The van der Waals surface area contributed by atoms with Crippen molar-refractivity contribution in [3.05, 3.63) is 0 Å². The minimum Gasteiger partial charge on any atom is -0.309 e. The van der Waals surface area contributed by atoms with Crippen molar-refractivity contribution in [3.8, 4) is 0 Å². The van der Waals surface area contributed by atoms with Crippen molar-refractivity contribution < 1.29 is 31.6 Å². The fraction of sp³-hybridized carbons (Fsp3) is 0.727. The Balaban J connectivity index is 1.96. The molecule has 2 atom stereocenters. The molecule has 12 nitrogen and oxygen atoms in total. The number of hydrogen-bond donors (Lipinski definition) is 3. The van der Waals surface area contributed by atoms with Crippen LogP contribution in [0.3, 0.4) is 0 Å². The maximum absolute atomic E-state index is 12.2. The van der Waals surface area contributed by atoms with Crippen molar-refractivity contribution in [1.29, 1.82) is 0 Å². The van der Waals surface area contributed by atoms with Crippen LogP contribution in [0.15, 0.2) is 0 Å². The third-order valence-electron chi connectivity index (χ3n) is 3.58. The maximum Gasteiger partial charge on any atom is 0.418 e. The van der Waals surface area contributed by atoms with Crippen LogP contribution in [0.1, 0.15) is 12.8 Å². The van der Waals surface area contributed by atoms with Gasteiger partial charge in [-0.15, -0.1) is 4.28 Å². The standard InChI is InChI=1S/C11H19N5O7S/c1-14(2)6-9(17)12-13-10(18)8-4-3-7-5-15(8)11(19)16(7)23-24(20,21)22/h7-8H,3-6H2,1-2H3,(H,12,17)(H,13,18)(H,20,21,22)/t7-,8+/m0/s1. The number of carbonyl (C=O) groups is 3. The van der Waals surface area contributed by atoms with E-state index in [9.17, 15) is 22.8 Å². The SMILES string of the molecule is CN(C)CC(=O)NNC(=O)[C@H]1CC[C@H]2CN1C(=O)N2OS(=O)(=O)O. The Bertz CT molecular complexity index is 637. The van der Waals surface area contributed by atoms with Crippen molar-refractivity contribution in [2.24, 2.45) is 0 Å². The fourth-order valence-electron chi connectivity index (χ4n) is 2.65. The van der Waals surface area contributed by atoms with E-state index in [1.165, 1.54) is 0 Å². The van der Waals surface area contributed by atoms with Crippen LogP contribution in [0.5, 0.6) is 0 Å². The quantitative estimate of drug-likeness (QED) is 0.364. The lowest BCUT2D eigenvalue weighted by Gasteiger charge is -2.29. The molecular weight excluding hydrogens is 346 g/mol. The smallest absolute Gasteiger partial charge is 0.309 e. The first-order valence-electron chi connectivity index (χ1n) is 7.08. The van der Waals surface area contributed by atoms with E-state index in [1.807, 2.05) is 0 Å². The van der Waals surface area contributed by atoms with E-state index in [2.05, 4.69) is 15.1 Å². The largest absolute Gasteiger partial charge is 0.418 e. The molecule has 0 aromatic heterocycles. The monoisotopic (exact) mass is 365 g/mol. The van der Waals surface area contributed by atoms with Crippen molar-refractivity contribution in [3.63, 3.8) is 0 Å². The number of carbonyl (C=O) groups excluding carboxylic acids is 3. The molecule has 2 saturated heterocycles. The number of nitrogens with zero attached hydrogens (tertiary/aromatic N) is 3. The summed E-state index contributed by atoms with van der Waals surface area (Å²) in [4.78, 5) is 38.5. The first kappa shape index (κ1) is 18.4. The van der Waals surface area contributed by atoms with Gasteiger partial charge < -0.3 is 9.80 Å². The Morgan fingerprint density at radius 1 is 1.33 bits per heavy atom. The normalized spacial score (nSPS) is 23.6. The minimum atomic E-state index is -4.83. The van der Waals surface area contributed by atoms with Gasteiger partial charge in [-0.05, 0) is 26.9 Å². The number of likely N-dealkylation sites (N-methyl/N-ethyl adjacent to an activating group) is 1. The second-order valence-corrected chi connectivity index (χ2v) is 6.79. The highest BCUT2D eigenvalue weighted by Gasteiger charge is 2.49. The summed E-state index contributed by atoms with van der Waals surface area (Å²) in [7, 11) is -1.45. The van der Waals surface area contributed by atoms with E-state index in [0.717, 1.165) is 4.90 Å². The number of piperidine rings is 1. The van der Waals surface area contributed by atoms with E-state index in [0.29, 0.717) is 11.5 Å². The molecule has 0 aromatic carbocycles. The molecule has 2 aliphatic rings. The predicted octanol–water partition coefficient (Wildman–Crippen LogP) is -2.30. The van der Waals surface area contributed by atoms with Crippen molar-refractivity contribution in [2.75, 3.05) is 27.2 Å². The molecule has 13 heteroatoms. The zero-order valence-electron chi connectivity index (χ0n) is 13.1. The van der Waals surface area contributed by atoms with Crippen LogP contribution in [0.4, 0.5) is 4.79 Å². The van der Waals surface area contributed by atoms with E-state index in [1.54, 1.807) is 19.0 Å². The summed E-state index contributed by atoms with van der Waals surface area (Å²) in [6, 6.07) is -2.29. The van der Waals surface area contributed by atoms with Gasteiger partial charge in [0.2, 0.25) is 0 Å². The number of nitrogens with one attached hydrogen (secondary N) is 2. The maximum atomic E-state index is 12.2. The fourth-order valence-corrected chi connectivity index (χ4v) is 3.03. The molecule has 0 aliphatic carbocycles. The summed E-state index contributed by atoms with van der Waals surface area (Å²) < 4.78 is 34.6. The lowest BCUT2D eigenvalue weighted by atomic mass is 10.0. The Morgan fingerprint density at radius 2 is 2.00 bits per heavy atom. The molecule has 136 valence electrons. The van der Waals surface area contributed by atoms with E-state index in [4.69, 9.17) is 4.55 Å². The topological polar surface area (TPSA) is 149 Å². The molecule has 2 bridgehead atoms. The van der Waals surface area contributed by atoms with Crippen LogP contribution >= 0.6 is 0 Å². The van der Waals surface area contributed by atoms with Crippen LogP contribution in [0.25, 0.3) is 0 Å². The second-order valence-electron chi connectivity index (χ2n) is 5.79. The number of rotatable bonds is 5. The molecule has 3 N–H and O–H groups in total. The lowest BCUT2D eigenvalue weighted by molar-refractivity contribution is -0.132. The summed E-state index contributed by atoms with van der Waals surface area (Å²) in [6.07, 6.45) is 0.568. The molecule has 0 spiro atoms. The van der Waals surface area contributed by atoms with Crippen LogP contribution in [-0.2, 0) is 24.3 Å². The lowest BCUT2D eigenvalue weighted by Crippen LogP contribution is -2.55. The van der Waals surface area contributed by atoms with Gasteiger partial charge in [0.05, 0.1) is 12.6 Å². The van der Waals surface area contributed by atoms with Crippen molar-refractivity contribution in [2.45, 2.75) is 24.9 Å². The van der Waals surface area contributed by atoms with Crippen molar-refractivity contribution in [1.82, 2.24) is 25.7 Å². The second kappa shape index (κ2) is 6.88. The number of urea groups is 1. The van der Waals surface area contributed by atoms with Crippen LogP contribution in [-0.4, -0.2) is 84.9 Å². The Hall–Kier alpha value is -1.96. The van der Waals surface area contributed by atoms with Gasteiger partial charge in [-0.3, -0.25) is 25.0 Å². The van der Waals surface area contributed by atoms with E-state index in [-0.39, 0.29) is 19.5 Å². The number of hydrogen-bond acceptors (Lipinski definition) is 7. The highest BCUT2D eigenvalue weighted by atomic mass is 32.3. The molecule has 0 saturated carbocycles. The summed E-state index contributed by atoms with van der Waals surface area (Å²) in [5.41, 5.74) is 4.47. The summed E-state index contributed by atoms with van der Waals surface area (Å²) in [5, 5.41) is 0.549. The average molecular weight is 365 g/mol. The Labute approximate surface area is 138 Å². The van der Waals surface area contributed by atoms with Gasteiger partial charge in [-0.1, -0.05) is 0 Å². The average Bonchev–Trinajstić information content (AvgIpc) is 2.68. The number of fused-ring (bicyclic) bond motifs is 2. The molecule has 0 radical (unpaired) electrons. The predicted molar refractivity (Wildman–Crippen MR) is 78.2 cm³/mol. The van der Waals surface area contributed by atoms with Crippen LogP contribution < -0.4 is 10.9 Å². The van der Waals surface area contributed by atoms with Gasteiger partial charge in [0.15, 0.2) is 0 Å². The first-order valence-corrected chi connectivity index (χ1v) is 8.45. The molecular formula is C11H19N5O7S. The van der Waals surface area contributed by atoms with Gasteiger partial charge in [0, 0.05) is 6.54 Å². The van der Waals surface area contributed by atoms with Crippen LogP contribution in [0.2, 0.25) is 0 Å².